The summed E-state index contributed by atoms with van der Waals surface area (Å²) in [6.07, 6.45) is 1.69. The summed E-state index contributed by atoms with van der Waals surface area (Å²) in [6, 6.07) is 7.99. The molecular formula is C9H8NO3S+. The van der Waals surface area contributed by atoms with Crippen LogP contribution in [0.4, 0.5) is 0 Å². The third-order valence-corrected chi connectivity index (χ3v) is 2.85. The fourth-order valence-electron chi connectivity index (χ4n) is 1.35. The Morgan fingerprint density at radius 1 is 1.14 bits per heavy atom. The first-order valence-corrected chi connectivity index (χ1v) is 5.40. The molecule has 1 aromatic heterocycles. The van der Waals surface area contributed by atoms with Crippen LogP contribution in [-0.2, 0) is 10.1 Å². The van der Waals surface area contributed by atoms with Crippen molar-refractivity contribution in [1.29, 1.82) is 0 Å². The van der Waals surface area contributed by atoms with Gasteiger partial charge in [-0.25, -0.2) is 4.98 Å². The van der Waals surface area contributed by atoms with Gasteiger partial charge in [-0.1, -0.05) is 6.07 Å². The van der Waals surface area contributed by atoms with Crippen LogP contribution in [0, 0.1) is 0 Å². The second-order valence-electron chi connectivity index (χ2n) is 2.86. The van der Waals surface area contributed by atoms with Crippen LogP contribution in [0.3, 0.4) is 0 Å². The molecule has 0 saturated carbocycles. The first-order chi connectivity index (χ1) is 6.59. The highest BCUT2D eigenvalue weighted by Crippen LogP contribution is 2.18. The van der Waals surface area contributed by atoms with Crippen molar-refractivity contribution in [2.45, 2.75) is 4.90 Å². The largest absolute Gasteiger partial charge is 0.295 e. The summed E-state index contributed by atoms with van der Waals surface area (Å²) in [7, 11) is -4.15. The van der Waals surface area contributed by atoms with E-state index in [2.05, 4.69) is 4.98 Å². The minimum absolute atomic E-state index is 0.0770. The Morgan fingerprint density at radius 2 is 1.93 bits per heavy atom. The van der Waals surface area contributed by atoms with E-state index in [9.17, 15) is 8.42 Å². The highest BCUT2D eigenvalue weighted by molar-refractivity contribution is 7.86. The molecule has 4 nitrogen and oxygen atoms in total. The second kappa shape index (κ2) is 3.04. The predicted molar refractivity (Wildman–Crippen MR) is 50.3 cm³/mol. The van der Waals surface area contributed by atoms with Crippen LogP contribution in [0.1, 0.15) is 0 Å². The molecule has 2 aromatic rings. The van der Waals surface area contributed by atoms with Gasteiger partial charge in [0.1, 0.15) is 4.90 Å². The Bertz CT molecular complexity index is 572. The molecule has 14 heavy (non-hydrogen) atoms. The lowest BCUT2D eigenvalue weighted by Crippen LogP contribution is -2.05. The fourth-order valence-corrected chi connectivity index (χ4v) is 2.06. The molecule has 72 valence electrons. The number of benzene rings is 1. The molecule has 0 unspecified atom stereocenters. The summed E-state index contributed by atoms with van der Waals surface area (Å²) >= 11 is 0. The van der Waals surface area contributed by atoms with E-state index in [1.165, 1.54) is 6.07 Å². The molecule has 0 spiro atoms. The van der Waals surface area contributed by atoms with Crippen LogP contribution in [0.5, 0.6) is 0 Å². The molecule has 0 radical (unpaired) electrons. The van der Waals surface area contributed by atoms with Gasteiger partial charge in [0.25, 0.3) is 10.1 Å². The number of fused-ring (bicyclic) bond motifs is 1. The van der Waals surface area contributed by atoms with Crippen molar-refractivity contribution in [3.05, 3.63) is 36.5 Å². The molecular weight excluding hydrogens is 202 g/mol. The van der Waals surface area contributed by atoms with Crippen LogP contribution < -0.4 is 4.98 Å². The SMILES string of the molecule is O=S(=O)(O)c1cccc2[nH+]cccc12. The van der Waals surface area contributed by atoms with E-state index in [1.54, 1.807) is 30.5 Å². The Balaban J connectivity index is 2.92. The normalized spacial score (nSPS) is 11.8. The average Bonchev–Trinajstić information content (AvgIpc) is 2.15. The van der Waals surface area contributed by atoms with Crippen LogP contribution in [0.2, 0.25) is 0 Å². The van der Waals surface area contributed by atoms with E-state index in [0.29, 0.717) is 10.9 Å². The van der Waals surface area contributed by atoms with E-state index >= 15 is 0 Å². The minimum atomic E-state index is -4.15. The molecule has 0 aliphatic carbocycles. The monoisotopic (exact) mass is 210 g/mol. The first kappa shape index (κ1) is 9.11. The summed E-state index contributed by atoms with van der Waals surface area (Å²) < 4.78 is 30.9. The molecule has 1 heterocycles. The predicted octanol–water partition coefficient (Wildman–Crippen LogP) is 0.901. The van der Waals surface area contributed by atoms with Gasteiger partial charge < -0.3 is 0 Å². The van der Waals surface area contributed by atoms with Gasteiger partial charge in [0, 0.05) is 12.1 Å². The maximum atomic E-state index is 11.0. The Hall–Kier alpha value is -1.46. The van der Waals surface area contributed by atoms with E-state index in [1.807, 2.05) is 0 Å². The standard InChI is InChI=1S/C9H7NO3S/c11-14(12,13)9-5-1-4-8-7(9)3-2-6-10-8/h1-6H,(H,11,12,13)/p+1. The molecule has 0 aliphatic rings. The van der Waals surface area contributed by atoms with Crippen molar-refractivity contribution >= 4 is 21.0 Å². The number of rotatable bonds is 1. The number of hydrogen-bond acceptors (Lipinski definition) is 2. The molecule has 0 amide bonds. The average molecular weight is 210 g/mol. The van der Waals surface area contributed by atoms with Crippen molar-refractivity contribution in [2.75, 3.05) is 0 Å². The molecule has 0 aliphatic heterocycles. The van der Waals surface area contributed by atoms with Crippen molar-refractivity contribution in [1.82, 2.24) is 0 Å². The van der Waals surface area contributed by atoms with Crippen molar-refractivity contribution in [3.63, 3.8) is 0 Å². The first-order valence-electron chi connectivity index (χ1n) is 3.96. The van der Waals surface area contributed by atoms with Crippen LogP contribution >= 0.6 is 0 Å². The zero-order chi connectivity index (χ0) is 10.2. The second-order valence-corrected chi connectivity index (χ2v) is 4.25. The van der Waals surface area contributed by atoms with Gasteiger partial charge in [-0.15, -0.1) is 0 Å². The highest BCUT2D eigenvalue weighted by atomic mass is 32.2. The maximum Gasteiger partial charge on any atom is 0.295 e. The number of hydrogen-bond donors (Lipinski definition) is 1. The van der Waals surface area contributed by atoms with Gasteiger partial charge in [0.05, 0.1) is 5.39 Å². The number of aromatic nitrogens is 1. The van der Waals surface area contributed by atoms with Gasteiger partial charge in [0.2, 0.25) is 5.52 Å². The molecule has 0 fully saturated rings. The smallest absolute Gasteiger partial charge is 0.282 e. The number of H-pyrrole nitrogens is 1. The van der Waals surface area contributed by atoms with Crippen molar-refractivity contribution < 1.29 is 18.0 Å². The summed E-state index contributed by atoms with van der Waals surface area (Å²) in [6.45, 7) is 0. The topological polar surface area (TPSA) is 68.5 Å². The van der Waals surface area contributed by atoms with E-state index in [4.69, 9.17) is 4.55 Å². The molecule has 5 heteroatoms. The zero-order valence-corrected chi connectivity index (χ0v) is 7.95. The summed E-state index contributed by atoms with van der Waals surface area (Å²) in [4.78, 5) is 2.81. The quantitative estimate of drug-likeness (QED) is 0.711. The molecule has 0 atom stereocenters. The summed E-state index contributed by atoms with van der Waals surface area (Å²) in [5, 5.41) is 0.484. The summed E-state index contributed by atoms with van der Waals surface area (Å²) in [5.74, 6) is 0. The van der Waals surface area contributed by atoms with E-state index in [0.717, 1.165) is 0 Å². The fraction of sp³-hybridized carbons (Fsp3) is 0. The lowest BCUT2D eigenvalue weighted by molar-refractivity contribution is -0.344. The van der Waals surface area contributed by atoms with Crippen molar-refractivity contribution in [2.24, 2.45) is 0 Å². The molecule has 0 bridgehead atoms. The third kappa shape index (κ3) is 1.47. The van der Waals surface area contributed by atoms with Gasteiger partial charge in [-0.05, 0) is 12.1 Å². The Kier molecular flexibility index (Phi) is 1.98. The lowest BCUT2D eigenvalue weighted by atomic mass is 10.2. The third-order valence-electron chi connectivity index (χ3n) is 1.94. The Morgan fingerprint density at radius 3 is 2.64 bits per heavy atom. The zero-order valence-electron chi connectivity index (χ0n) is 7.14. The number of aromatic amines is 1. The van der Waals surface area contributed by atoms with Crippen LogP contribution in [-0.4, -0.2) is 13.0 Å². The molecule has 2 N–H and O–H groups in total. The van der Waals surface area contributed by atoms with E-state index < -0.39 is 10.1 Å². The molecule has 0 saturated heterocycles. The highest BCUT2D eigenvalue weighted by Gasteiger charge is 2.15. The van der Waals surface area contributed by atoms with Gasteiger partial charge >= 0.3 is 0 Å². The molecule has 1 aromatic carbocycles. The van der Waals surface area contributed by atoms with Crippen LogP contribution in [0.15, 0.2) is 41.4 Å². The van der Waals surface area contributed by atoms with Gasteiger partial charge in [-0.2, -0.15) is 8.42 Å². The summed E-state index contributed by atoms with van der Waals surface area (Å²) in [5.41, 5.74) is 0.669. The van der Waals surface area contributed by atoms with Crippen molar-refractivity contribution in [3.8, 4) is 0 Å². The van der Waals surface area contributed by atoms with E-state index in [-0.39, 0.29) is 4.90 Å². The van der Waals surface area contributed by atoms with Crippen LogP contribution in [0.25, 0.3) is 10.9 Å². The number of pyridine rings is 1. The maximum absolute atomic E-state index is 11.0. The Labute approximate surface area is 81.0 Å². The minimum Gasteiger partial charge on any atom is -0.282 e. The van der Waals surface area contributed by atoms with Gasteiger partial charge in [-0.3, -0.25) is 4.55 Å². The molecule has 2 rings (SSSR count). The van der Waals surface area contributed by atoms with Gasteiger partial charge in [0.15, 0.2) is 6.20 Å². The number of nitrogens with one attached hydrogen (secondary N) is 1. The lowest BCUT2D eigenvalue weighted by Gasteiger charge is -1.98.